The average Bonchev–Trinajstić information content (AvgIpc) is 2.94. The van der Waals surface area contributed by atoms with Crippen LogP contribution in [0.2, 0.25) is 0 Å². The summed E-state index contributed by atoms with van der Waals surface area (Å²) in [6.07, 6.45) is 2.64. The fourth-order valence-corrected chi connectivity index (χ4v) is 1.87. The lowest BCUT2D eigenvalue weighted by molar-refractivity contribution is 0.0948. The van der Waals surface area contributed by atoms with E-state index in [4.69, 9.17) is 0 Å². The minimum atomic E-state index is -0.179. The highest BCUT2D eigenvalue weighted by molar-refractivity contribution is 7.03. The molecule has 0 radical (unpaired) electrons. The van der Waals surface area contributed by atoms with E-state index in [-0.39, 0.29) is 5.91 Å². The van der Waals surface area contributed by atoms with Gasteiger partial charge in [-0.15, -0.1) is 5.10 Å². The summed E-state index contributed by atoms with van der Waals surface area (Å²) in [5, 5.41) is 11.3. The van der Waals surface area contributed by atoms with Gasteiger partial charge in [-0.2, -0.15) is 0 Å². The van der Waals surface area contributed by atoms with Crippen LogP contribution in [0.15, 0.2) is 23.7 Å². The molecule has 7 heteroatoms. The van der Waals surface area contributed by atoms with Gasteiger partial charge in [-0.05, 0) is 36.5 Å². The fraction of sp³-hybridized carbons (Fsp3) is 0.333. The number of nitrogens with one attached hydrogen (secondary N) is 2. The molecule has 0 bridgehead atoms. The fourth-order valence-electron chi connectivity index (χ4n) is 1.43. The molecule has 6 nitrogen and oxygen atoms in total. The van der Waals surface area contributed by atoms with Gasteiger partial charge in [0.05, 0.1) is 0 Å². The second-order valence-corrected chi connectivity index (χ2v) is 4.66. The van der Waals surface area contributed by atoms with Crippen molar-refractivity contribution in [3.63, 3.8) is 0 Å². The van der Waals surface area contributed by atoms with Gasteiger partial charge in [0, 0.05) is 24.7 Å². The van der Waals surface area contributed by atoms with E-state index < -0.39 is 0 Å². The van der Waals surface area contributed by atoms with Crippen molar-refractivity contribution in [2.24, 2.45) is 0 Å². The lowest BCUT2D eigenvalue weighted by Gasteiger charge is -2.06. The molecule has 0 aliphatic carbocycles. The van der Waals surface area contributed by atoms with Crippen LogP contribution < -0.4 is 10.6 Å². The molecule has 2 aromatic rings. The maximum atomic E-state index is 11.5. The summed E-state index contributed by atoms with van der Waals surface area (Å²) in [5.41, 5.74) is 1.51. The van der Waals surface area contributed by atoms with E-state index in [9.17, 15) is 4.79 Å². The maximum Gasteiger partial charge on any atom is 0.272 e. The van der Waals surface area contributed by atoms with Gasteiger partial charge in [-0.3, -0.25) is 4.79 Å². The van der Waals surface area contributed by atoms with Crippen LogP contribution in [0.3, 0.4) is 0 Å². The SMILES string of the molecule is Cc1ccc(NCCCNC(=O)c2csnn2)nc1. The van der Waals surface area contributed by atoms with E-state index >= 15 is 0 Å². The van der Waals surface area contributed by atoms with Crippen molar-refractivity contribution in [3.05, 3.63) is 35.0 Å². The number of carbonyl (C=O) groups excluding carboxylic acids is 1. The number of pyridine rings is 1. The van der Waals surface area contributed by atoms with Crippen molar-refractivity contribution in [2.45, 2.75) is 13.3 Å². The van der Waals surface area contributed by atoms with Gasteiger partial charge in [0.1, 0.15) is 5.82 Å². The van der Waals surface area contributed by atoms with Crippen LogP contribution in [0.4, 0.5) is 5.82 Å². The van der Waals surface area contributed by atoms with Crippen molar-refractivity contribution in [3.8, 4) is 0 Å². The molecule has 0 unspecified atom stereocenters. The highest BCUT2D eigenvalue weighted by atomic mass is 32.1. The first-order valence-corrected chi connectivity index (χ1v) is 6.81. The molecule has 0 fully saturated rings. The third kappa shape index (κ3) is 4.29. The van der Waals surface area contributed by atoms with Gasteiger partial charge < -0.3 is 10.6 Å². The van der Waals surface area contributed by atoms with Crippen LogP contribution >= 0.6 is 11.5 Å². The van der Waals surface area contributed by atoms with Gasteiger partial charge >= 0.3 is 0 Å². The third-order valence-electron chi connectivity index (χ3n) is 2.45. The first-order valence-electron chi connectivity index (χ1n) is 5.97. The van der Waals surface area contributed by atoms with Crippen LogP contribution in [0.5, 0.6) is 0 Å². The Morgan fingerprint density at radius 3 is 2.95 bits per heavy atom. The number of amides is 1. The second-order valence-electron chi connectivity index (χ2n) is 4.05. The average molecular weight is 277 g/mol. The van der Waals surface area contributed by atoms with Crippen LogP contribution in [-0.4, -0.2) is 33.6 Å². The van der Waals surface area contributed by atoms with Gasteiger partial charge in [-0.25, -0.2) is 4.98 Å². The zero-order chi connectivity index (χ0) is 13.5. The Labute approximate surface area is 115 Å². The predicted octanol–water partition coefficient (Wildman–Crippen LogP) is 1.47. The molecule has 2 aromatic heterocycles. The molecule has 1 amide bonds. The number of hydrogen-bond acceptors (Lipinski definition) is 6. The highest BCUT2D eigenvalue weighted by Gasteiger charge is 2.06. The van der Waals surface area contributed by atoms with Crippen LogP contribution in [0.25, 0.3) is 0 Å². The maximum absolute atomic E-state index is 11.5. The number of anilines is 1. The molecule has 19 heavy (non-hydrogen) atoms. The van der Waals surface area contributed by atoms with E-state index in [2.05, 4.69) is 25.2 Å². The zero-order valence-corrected chi connectivity index (χ0v) is 11.4. The molecular weight excluding hydrogens is 262 g/mol. The summed E-state index contributed by atoms with van der Waals surface area (Å²) >= 11 is 1.17. The highest BCUT2D eigenvalue weighted by Crippen LogP contribution is 2.03. The molecule has 0 atom stereocenters. The predicted molar refractivity (Wildman–Crippen MR) is 74.3 cm³/mol. The van der Waals surface area contributed by atoms with Gasteiger partial charge in [-0.1, -0.05) is 10.6 Å². The molecule has 100 valence electrons. The van der Waals surface area contributed by atoms with E-state index in [0.29, 0.717) is 12.2 Å². The van der Waals surface area contributed by atoms with Crippen molar-refractivity contribution in [1.82, 2.24) is 19.9 Å². The Balaban J connectivity index is 1.62. The number of hydrogen-bond donors (Lipinski definition) is 2. The molecule has 2 heterocycles. The lowest BCUT2D eigenvalue weighted by Crippen LogP contribution is -2.26. The minimum absolute atomic E-state index is 0.179. The monoisotopic (exact) mass is 277 g/mol. The summed E-state index contributed by atoms with van der Waals surface area (Å²) in [4.78, 5) is 15.8. The molecule has 0 saturated carbocycles. The van der Waals surface area contributed by atoms with Crippen molar-refractivity contribution in [2.75, 3.05) is 18.4 Å². The summed E-state index contributed by atoms with van der Waals surface area (Å²) < 4.78 is 3.64. The van der Waals surface area contributed by atoms with E-state index in [1.165, 1.54) is 11.5 Å². The smallest absolute Gasteiger partial charge is 0.272 e. The Morgan fingerprint density at radius 2 is 2.26 bits per heavy atom. The van der Waals surface area contributed by atoms with Gasteiger partial charge in [0.2, 0.25) is 0 Å². The van der Waals surface area contributed by atoms with Crippen LogP contribution in [0, 0.1) is 6.92 Å². The van der Waals surface area contributed by atoms with Gasteiger partial charge in [0.25, 0.3) is 5.91 Å². The molecule has 2 N–H and O–H groups in total. The second kappa shape index (κ2) is 6.79. The van der Waals surface area contributed by atoms with Crippen molar-refractivity contribution in [1.29, 1.82) is 0 Å². The lowest BCUT2D eigenvalue weighted by atomic mass is 10.3. The molecular formula is C12H15N5OS. The normalized spacial score (nSPS) is 10.2. The summed E-state index contributed by atoms with van der Waals surface area (Å²) in [7, 11) is 0. The van der Waals surface area contributed by atoms with Crippen LogP contribution in [0.1, 0.15) is 22.5 Å². The van der Waals surface area contributed by atoms with Crippen LogP contribution in [-0.2, 0) is 0 Å². The number of aryl methyl sites for hydroxylation is 1. The minimum Gasteiger partial charge on any atom is -0.370 e. The van der Waals surface area contributed by atoms with E-state index in [1.807, 2.05) is 25.3 Å². The first-order chi connectivity index (χ1) is 9.25. The standard InChI is InChI=1S/C12H15N5OS/c1-9-3-4-11(15-7-9)13-5-2-6-14-12(18)10-8-19-17-16-10/h3-4,7-8H,2,5-6H2,1H3,(H,13,15)(H,14,18). The Hall–Kier alpha value is -2.02. The molecule has 0 spiro atoms. The number of rotatable bonds is 6. The number of nitrogens with zero attached hydrogens (tertiary/aromatic N) is 3. The summed E-state index contributed by atoms with van der Waals surface area (Å²) in [6, 6.07) is 3.95. The summed E-state index contributed by atoms with van der Waals surface area (Å²) in [6.45, 7) is 3.35. The first kappa shape index (κ1) is 13.4. The van der Waals surface area contributed by atoms with Gasteiger partial charge in [0.15, 0.2) is 5.69 Å². The Kier molecular flexibility index (Phi) is 4.79. The van der Waals surface area contributed by atoms with Crippen molar-refractivity contribution >= 4 is 23.3 Å². The zero-order valence-electron chi connectivity index (χ0n) is 10.6. The van der Waals surface area contributed by atoms with Crippen molar-refractivity contribution < 1.29 is 4.79 Å². The molecule has 0 aromatic carbocycles. The number of aromatic nitrogens is 3. The molecule has 2 rings (SSSR count). The molecule has 0 aliphatic heterocycles. The largest absolute Gasteiger partial charge is 0.370 e. The molecule has 0 aliphatic rings. The Morgan fingerprint density at radius 1 is 1.37 bits per heavy atom. The Bertz CT molecular complexity index is 511. The number of carbonyl (C=O) groups is 1. The topological polar surface area (TPSA) is 79.8 Å². The quantitative estimate of drug-likeness (QED) is 0.782. The summed E-state index contributed by atoms with van der Waals surface area (Å²) in [5.74, 6) is 0.669. The third-order valence-corrected chi connectivity index (χ3v) is 2.95. The van der Waals surface area contributed by atoms with E-state index in [1.54, 1.807) is 5.38 Å². The van der Waals surface area contributed by atoms with E-state index in [0.717, 1.165) is 24.3 Å². The molecule has 0 saturated heterocycles.